The molecule has 0 aromatic carbocycles. The predicted octanol–water partition coefficient (Wildman–Crippen LogP) is -2.94. The van der Waals surface area contributed by atoms with Crippen LogP contribution in [0.25, 0.3) is 0 Å². The Hall–Kier alpha value is 0.582. The Morgan fingerprint density at radius 1 is 0.737 bits per heavy atom. The average Bonchev–Trinajstić information content (AvgIpc) is 2.25. The van der Waals surface area contributed by atoms with Gasteiger partial charge < -0.3 is 34.7 Å². The third-order valence-corrected chi connectivity index (χ3v) is 2.98. The second-order valence-corrected chi connectivity index (χ2v) is 4.66. The molecule has 0 saturated heterocycles. The van der Waals surface area contributed by atoms with E-state index in [0.717, 1.165) is 12.8 Å². The van der Waals surface area contributed by atoms with Crippen molar-refractivity contribution in [1.82, 2.24) is 0 Å². The van der Waals surface area contributed by atoms with Gasteiger partial charge in [0.05, 0.1) is 0 Å². The van der Waals surface area contributed by atoms with Crippen LogP contribution < -0.4 is 29.9 Å². The van der Waals surface area contributed by atoms with Gasteiger partial charge in [0, 0.05) is 5.97 Å². The van der Waals surface area contributed by atoms with Gasteiger partial charge in [-0.05, 0) is 12.8 Å². The largest absolute Gasteiger partial charge is 3.00 e. The molecule has 0 radical (unpaired) electrons. The molecule has 5 heteroatoms. The molecule has 0 N–H and O–H groups in total. The molecule has 112 valence electrons. The minimum atomic E-state index is -0.907. The van der Waals surface area contributed by atoms with E-state index in [-0.39, 0.29) is 48.6 Å². The zero-order chi connectivity index (χ0) is 12.1. The number of halogens is 2. The normalized spacial score (nSPS) is 8.89. The zero-order valence-electron chi connectivity index (χ0n) is 12.1. The van der Waals surface area contributed by atoms with Gasteiger partial charge in [0.2, 0.25) is 0 Å². The molecule has 0 spiro atoms. The van der Waals surface area contributed by atoms with Crippen molar-refractivity contribution < 1.29 is 34.7 Å². The van der Waals surface area contributed by atoms with Gasteiger partial charge in [0.15, 0.2) is 0 Å². The molecule has 0 atom stereocenters. The molecule has 0 unspecified atom stereocenters. The first-order chi connectivity index (χ1) is 7.77. The summed E-state index contributed by atoms with van der Waals surface area (Å²) in [5.74, 6) is -0.907. The van der Waals surface area contributed by atoms with Gasteiger partial charge in [-0.15, -0.1) is 0 Å². The van der Waals surface area contributed by atoms with Gasteiger partial charge in [0.25, 0.3) is 0 Å². The molecule has 0 rings (SSSR count). The van der Waals surface area contributed by atoms with Gasteiger partial charge in [-0.3, -0.25) is 0 Å². The number of carboxylic acid groups (broad SMARTS) is 1. The summed E-state index contributed by atoms with van der Waals surface area (Å²) in [6, 6.07) is 0. The van der Waals surface area contributed by atoms with Crippen molar-refractivity contribution in [2.75, 3.05) is 0 Å². The van der Waals surface area contributed by atoms with Crippen LogP contribution in [0.4, 0.5) is 0 Å². The van der Waals surface area contributed by atoms with E-state index in [2.05, 4.69) is 6.92 Å². The molecular weight excluding hydrogens is 298 g/mol. The quantitative estimate of drug-likeness (QED) is 0.285. The molecule has 19 heavy (non-hydrogen) atoms. The van der Waals surface area contributed by atoms with Crippen LogP contribution in [0.1, 0.15) is 84.0 Å². The number of unbranched alkanes of at least 4 members (excludes halogenated alkanes) is 10. The summed E-state index contributed by atoms with van der Waals surface area (Å²) in [4.78, 5) is 10.1. The summed E-state index contributed by atoms with van der Waals surface area (Å²) in [5.41, 5.74) is 0. The maximum absolute atomic E-state index is 10.1. The van der Waals surface area contributed by atoms with Gasteiger partial charge >= 0.3 is 17.4 Å². The Morgan fingerprint density at radius 3 is 1.37 bits per heavy atom. The fourth-order valence-corrected chi connectivity index (χ4v) is 1.93. The van der Waals surface area contributed by atoms with Crippen molar-refractivity contribution in [2.45, 2.75) is 84.0 Å². The third kappa shape index (κ3) is 27.7. The molecule has 0 aromatic rings. The van der Waals surface area contributed by atoms with Gasteiger partial charge in [-0.1, -0.05) is 71.1 Å². The number of hydrogen-bond donors (Lipinski definition) is 0. The standard InChI is InChI=1S/C14H28O2.Al.2ClH/c1-2-3-4-5-6-7-8-9-10-11-12-13-14(15)16;;;/h2-13H2,1H3,(H,15,16);;2*1H/q;+3;;/p-3. The van der Waals surface area contributed by atoms with Crippen molar-refractivity contribution in [1.29, 1.82) is 0 Å². The number of hydrogen-bond acceptors (Lipinski definition) is 2. The third-order valence-electron chi connectivity index (χ3n) is 2.98. The van der Waals surface area contributed by atoms with Crippen LogP contribution in [0.5, 0.6) is 0 Å². The Kier molecular flexibility index (Phi) is 34.7. The van der Waals surface area contributed by atoms with E-state index in [9.17, 15) is 9.90 Å². The number of rotatable bonds is 12. The first-order valence-electron chi connectivity index (χ1n) is 6.97. The van der Waals surface area contributed by atoms with E-state index >= 15 is 0 Å². The maximum atomic E-state index is 10.1. The summed E-state index contributed by atoms with van der Waals surface area (Å²) in [6.45, 7) is 2.24. The van der Waals surface area contributed by atoms with E-state index in [1.165, 1.54) is 57.8 Å². The van der Waals surface area contributed by atoms with Crippen molar-refractivity contribution in [2.24, 2.45) is 0 Å². The maximum Gasteiger partial charge on any atom is 3.00 e. The monoisotopic (exact) mass is 324 g/mol. The van der Waals surface area contributed by atoms with Gasteiger partial charge in [-0.25, -0.2) is 0 Å². The fourth-order valence-electron chi connectivity index (χ4n) is 1.93. The summed E-state index contributed by atoms with van der Waals surface area (Å²) in [6.07, 6.45) is 14.0. The summed E-state index contributed by atoms with van der Waals surface area (Å²) >= 11 is 0. The van der Waals surface area contributed by atoms with E-state index in [4.69, 9.17) is 0 Å². The van der Waals surface area contributed by atoms with Crippen LogP contribution >= 0.6 is 0 Å². The van der Waals surface area contributed by atoms with Crippen LogP contribution in [0.3, 0.4) is 0 Å². The Labute approximate surface area is 142 Å². The number of aliphatic carboxylic acids is 1. The van der Waals surface area contributed by atoms with Crippen LogP contribution in [-0.2, 0) is 4.79 Å². The summed E-state index contributed by atoms with van der Waals surface area (Å²) in [7, 11) is 0. The second-order valence-electron chi connectivity index (χ2n) is 4.66. The molecule has 0 aliphatic heterocycles. The van der Waals surface area contributed by atoms with Crippen molar-refractivity contribution in [3.8, 4) is 0 Å². The van der Waals surface area contributed by atoms with E-state index in [1.807, 2.05) is 0 Å². The Balaban J connectivity index is -0.000000375. The minimum absolute atomic E-state index is 0. The fraction of sp³-hybridized carbons (Fsp3) is 0.929. The second kappa shape index (κ2) is 23.7. The molecule has 0 bridgehead atoms. The molecule has 0 heterocycles. The topological polar surface area (TPSA) is 40.1 Å². The van der Waals surface area contributed by atoms with Gasteiger partial charge in [-0.2, -0.15) is 0 Å². The molecule has 0 aromatic heterocycles. The van der Waals surface area contributed by atoms with Crippen molar-refractivity contribution >= 4 is 23.3 Å². The van der Waals surface area contributed by atoms with Crippen LogP contribution in [0.2, 0.25) is 0 Å². The molecule has 0 amide bonds. The number of carbonyl (C=O) groups is 1. The molecule has 0 fully saturated rings. The molecule has 0 aliphatic carbocycles. The summed E-state index contributed by atoms with van der Waals surface area (Å²) in [5, 5.41) is 10.1. The number of carboxylic acids is 1. The smallest absolute Gasteiger partial charge is 1.00 e. The zero-order valence-corrected chi connectivity index (χ0v) is 14.8. The first-order valence-corrected chi connectivity index (χ1v) is 6.97. The first kappa shape index (κ1) is 27.8. The van der Waals surface area contributed by atoms with Crippen molar-refractivity contribution in [3.05, 3.63) is 0 Å². The molecule has 0 saturated carbocycles. The van der Waals surface area contributed by atoms with E-state index < -0.39 is 5.97 Å². The minimum Gasteiger partial charge on any atom is -1.00 e. The van der Waals surface area contributed by atoms with E-state index in [0.29, 0.717) is 0 Å². The summed E-state index contributed by atoms with van der Waals surface area (Å²) < 4.78 is 0. The molecule has 2 nitrogen and oxygen atoms in total. The average molecular weight is 325 g/mol. The Morgan fingerprint density at radius 2 is 1.05 bits per heavy atom. The molecular formula is C14H27AlCl2O2. The SMILES string of the molecule is CCCCCCCCCCCCCC(=O)[O-].[Al+3].[Cl-].[Cl-]. The predicted molar refractivity (Wildman–Crippen MR) is 71.8 cm³/mol. The molecule has 0 aliphatic rings. The van der Waals surface area contributed by atoms with Crippen LogP contribution in [-0.4, -0.2) is 23.3 Å². The number of carbonyl (C=O) groups excluding carboxylic acids is 1. The van der Waals surface area contributed by atoms with Gasteiger partial charge in [0.1, 0.15) is 0 Å². The van der Waals surface area contributed by atoms with E-state index in [1.54, 1.807) is 0 Å². The Bertz CT molecular complexity index is 170. The van der Waals surface area contributed by atoms with Crippen LogP contribution in [0, 0.1) is 0 Å². The van der Waals surface area contributed by atoms with Crippen molar-refractivity contribution in [3.63, 3.8) is 0 Å². The van der Waals surface area contributed by atoms with Crippen LogP contribution in [0.15, 0.2) is 0 Å².